The van der Waals surface area contributed by atoms with E-state index in [1.807, 2.05) is 24.3 Å². The standard InChI is InChI=1S/C31H42N6O3/c1-20-29(38)36-26(19-21-10-12-25(13-11-21)28(32)33)30(39)35-18-16-23-8-4-3-7-22(23)9-5-6-17-34-27(24-14-15-24)31(40)37(20)2/h3-4,7-8,10-13,20,24,26-27,34H,5-6,9,14-19H2,1-2H3,(H3,32,33)(H,35,39)(H,36,38)/t20-,26-,27+/m1/s1. The number of carbonyl (C=O) groups is 3. The molecule has 0 saturated heterocycles. The average molecular weight is 547 g/mol. The van der Waals surface area contributed by atoms with E-state index in [0.717, 1.165) is 44.2 Å². The lowest BCUT2D eigenvalue weighted by Gasteiger charge is -2.30. The molecule has 1 fully saturated rings. The summed E-state index contributed by atoms with van der Waals surface area (Å²) in [5.74, 6) is -0.473. The highest BCUT2D eigenvalue weighted by atomic mass is 16.2. The summed E-state index contributed by atoms with van der Waals surface area (Å²) < 4.78 is 0. The van der Waals surface area contributed by atoms with Gasteiger partial charge in [0.1, 0.15) is 17.9 Å². The highest BCUT2D eigenvalue weighted by Crippen LogP contribution is 2.33. The van der Waals surface area contributed by atoms with Gasteiger partial charge in [0.15, 0.2) is 0 Å². The Morgan fingerprint density at radius 1 is 0.950 bits per heavy atom. The van der Waals surface area contributed by atoms with Gasteiger partial charge in [-0.25, -0.2) is 0 Å². The number of amides is 3. The van der Waals surface area contributed by atoms with Crippen molar-refractivity contribution in [1.29, 1.82) is 5.41 Å². The molecule has 6 N–H and O–H groups in total. The van der Waals surface area contributed by atoms with Crippen LogP contribution in [0.2, 0.25) is 0 Å². The van der Waals surface area contributed by atoms with Crippen LogP contribution >= 0.6 is 0 Å². The third-order valence-electron chi connectivity index (χ3n) is 8.05. The SMILES string of the molecule is C[C@@H]1C(=O)N[C@H](Cc2ccc(C(=N)N)cc2)C(=O)NCCc2ccccc2CCCCN[C@@H](C2CC2)C(=O)N1C. The molecule has 2 aliphatic rings. The van der Waals surface area contributed by atoms with Crippen LogP contribution in [0.25, 0.3) is 0 Å². The van der Waals surface area contributed by atoms with Crippen LogP contribution in [0, 0.1) is 11.3 Å². The number of carbonyl (C=O) groups excluding carboxylic acids is 3. The largest absolute Gasteiger partial charge is 0.384 e. The molecular weight excluding hydrogens is 504 g/mol. The number of likely N-dealkylation sites (N-methyl/N-ethyl adjacent to an activating group) is 1. The van der Waals surface area contributed by atoms with Gasteiger partial charge in [-0.05, 0) is 74.6 Å². The van der Waals surface area contributed by atoms with Crippen LogP contribution in [0.15, 0.2) is 48.5 Å². The molecule has 1 aliphatic carbocycles. The monoisotopic (exact) mass is 546 g/mol. The van der Waals surface area contributed by atoms with Crippen molar-refractivity contribution in [3.05, 3.63) is 70.8 Å². The molecule has 0 spiro atoms. The number of fused-ring (bicyclic) bond motifs is 1. The van der Waals surface area contributed by atoms with Crippen molar-refractivity contribution in [3.63, 3.8) is 0 Å². The zero-order chi connectivity index (χ0) is 28.6. The first kappa shape index (κ1) is 29.3. The maximum atomic E-state index is 13.4. The molecule has 2 aromatic carbocycles. The molecule has 0 aromatic heterocycles. The second-order valence-corrected chi connectivity index (χ2v) is 11.0. The molecule has 0 radical (unpaired) electrons. The Balaban J connectivity index is 1.55. The molecule has 0 unspecified atom stereocenters. The summed E-state index contributed by atoms with van der Waals surface area (Å²) in [5.41, 5.74) is 9.48. The Morgan fingerprint density at radius 3 is 2.27 bits per heavy atom. The minimum absolute atomic E-state index is 0.0328. The fourth-order valence-corrected chi connectivity index (χ4v) is 5.22. The fourth-order valence-electron chi connectivity index (χ4n) is 5.22. The number of aryl methyl sites for hydroxylation is 1. The van der Waals surface area contributed by atoms with E-state index in [-0.39, 0.29) is 36.0 Å². The van der Waals surface area contributed by atoms with Crippen LogP contribution < -0.4 is 21.7 Å². The van der Waals surface area contributed by atoms with E-state index in [2.05, 4.69) is 28.1 Å². The maximum absolute atomic E-state index is 13.4. The van der Waals surface area contributed by atoms with Crippen molar-refractivity contribution >= 4 is 23.6 Å². The molecule has 0 bridgehead atoms. The number of nitrogen functional groups attached to an aromatic ring is 1. The van der Waals surface area contributed by atoms with Gasteiger partial charge in [-0.3, -0.25) is 19.8 Å². The summed E-state index contributed by atoms with van der Waals surface area (Å²) in [6.45, 7) is 2.90. The lowest BCUT2D eigenvalue weighted by molar-refractivity contribution is -0.141. The van der Waals surface area contributed by atoms with Crippen LogP contribution in [-0.4, -0.2) is 66.7 Å². The van der Waals surface area contributed by atoms with E-state index in [1.54, 1.807) is 26.1 Å². The van der Waals surface area contributed by atoms with Gasteiger partial charge in [0, 0.05) is 25.6 Å². The van der Waals surface area contributed by atoms with E-state index in [1.165, 1.54) is 16.0 Å². The minimum Gasteiger partial charge on any atom is -0.384 e. The number of hydrogen-bond donors (Lipinski definition) is 5. The second-order valence-electron chi connectivity index (χ2n) is 11.0. The Hall–Kier alpha value is -3.72. The van der Waals surface area contributed by atoms with Crippen molar-refractivity contribution in [2.45, 2.75) is 70.0 Å². The molecule has 3 atom stereocenters. The lowest BCUT2D eigenvalue weighted by atomic mass is 9.99. The molecule has 4 rings (SSSR count). The van der Waals surface area contributed by atoms with Crippen LogP contribution in [-0.2, 0) is 33.6 Å². The number of nitrogens with one attached hydrogen (secondary N) is 4. The predicted molar refractivity (Wildman–Crippen MR) is 156 cm³/mol. The Kier molecular flexibility index (Phi) is 9.93. The van der Waals surface area contributed by atoms with Gasteiger partial charge in [-0.15, -0.1) is 0 Å². The first-order valence-corrected chi connectivity index (χ1v) is 14.3. The molecule has 1 saturated carbocycles. The first-order chi connectivity index (χ1) is 19.2. The Bertz CT molecular complexity index is 1210. The number of benzene rings is 2. The van der Waals surface area contributed by atoms with E-state index >= 15 is 0 Å². The zero-order valence-corrected chi connectivity index (χ0v) is 23.5. The molecule has 40 heavy (non-hydrogen) atoms. The van der Waals surface area contributed by atoms with E-state index < -0.39 is 12.1 Å². The molecule has 1 aliphatic heterocycles. The van der Waals surface area contributed by atoms with Crippen LogP contribution in [0.5, 0.6) is 0 Å². The third-order valence-corrected chi connectivity index (χ3v) is 8.05. The molecule has 214 valence electrons. The molecule has 9 nitrogen and oxygen atoms in total. The van der Waals surface area contributed by atoms with E-state index in [4.69, 9.17) is 11.1 Å². The maximum Gasteiger partial charge on any atom is 0.243 e. The van der Waals surface area contributed by atoms with Crippen molar-refractivity contribution in [2.75, 3.05) is 20.1 Å². The highest BCUT2D eigenvalue weighted by Gasteiger charge is 2.39. The number of hydrogen-bond acceptors (Lipinski definition) is 5. The molecule has 2 aromatic rings. The molecule has 3 amide bonds. The summed E-state index contributed by atoms with van der Waals surface area (Å²) >= 11 is 0. The van der Waals surface area contributed by atoms with Gasteiger partial charge in [0.05, 0.1) is 6.04 Å². The smallest absolute Gasteiger partial charge is 0.243 e. The highest BCUT2D eigenvalue weighted by molar-refractivity contribution is 5.95. The molecule has 1 heterocycles. The average Bonchev–Trinajstić information content (AvgIpc) is 3.79. The number of amidine groups is 1. The molecule has 9 heteroatoms. The van der Waals surface area contributed by atoms with Gasteiger partial charge >= 0.3 is 0 Å². The van der Waals surface area contributed by atoms with E-state index in [0.29, 0.717) is 24.4 Å². The van der Waals surface area contributed by atoms with Gasteiger partial charge < -0.3 is 26.6 Å². The number of nitrogens with two attached hydrogens (primary N) is 1. The minimum atomic E-state index is -0.826. The topological polar surface area (TPSA) is 140 Å². The van der Waals surface area contributed by atoms with Gasteiger partial charge in [0.2, 0.25) is 17.7 Å². The van der Waals surface area contributed by atoms with Crippen LogP contribution in [0.3, 0.4) is 0 Å². The summed E-state index contributed by atoms with van der Waals surface area (Å²) in [5, 5.41) is 17.0. The third kappa shape index (κ3) is 7.69. The van der Waals surface area contributed by atoms with Crippen LogP contribution in [0.4, 0.5) is 0 Å². The van der Waals surface area contributed by atoms with Gasteiger partial charge in [-0.1, -0.05) is 48.5 Å². The van der Waals surface area contributed by atoms with Crippen molar-refractivity contribution in [2.24, 2.45) is 11.7 Å². The first-order valence-electron chi connectivity index (χ1n) is 14.3. The Labute approximate surface area is 236 Å². The predicted octanol–water partition coefficient (Wildman–Crippen LogP) is 1.91. The second kappa shape index (κ2) is 13.6. The van der Waals surface area contributed by atoms with Crippen LogP contribution in [0.1, 0.15) is 54.9 Å². The molecular formula is C31H42N6O3. The quantitative estimate of drug-likeness (QED) is 0.294. The summed E-state index contributed by atoms with van der Waals surface area (Å²) in [7, 11) is 1.66. The normalized spacial score (nSPS) is 23.8. The van der Waals surface area contributed by atoms with Gasteiger partial charge in [0.25, 0.3) is 0 Å². The Morgan fingerprint density at radius 2 is 1.62 bits per heavy atom. The summed E-state index contributed by atoms with van der Waals surface area (Å²) in [6, 6.07) is 13.5. The summed E-state index contributed by atoms with van der Waals surface area (Å²) in [4.78, 5) is 41.7. The lowest BCUT2D eigenvalue weighted by Crippen LogP contribution is -2.56. The zero-order valence-electron chi connectivity index (χ0n) is 23.5. The van der Waals surface area contributed by atoms with Crippen molar-refractivity contribution in [3.8, 4) is 0 Å². The van der Waals surface area contributed by atoms with Gasteiger partial charge in [-0.2, -0.15) is 0 Å². The summed E-state index contributed by atoms with van der Waals surface area (Å²) in [6.07, 6.45) is 5.89. The van der Waals surface area contributed by atoms with Crippen molar-refractivity contribution < 1.29 is 14.4 Å². The fraction of sp³-hybridized carbons (Fsp3) is 0.484. The van der Waals surface area contributed by atoms with Crippen molar-refractivity contribution in [1.82, 2.24) is 20.9 Å². The number of rotatable bonds is 4. The number of nitrogens with zero attached hydrogens (tertiary/aromatic N) is 1. The van der Waals surface area contributed by atoms with E-state index in [9.17, 15) is 14.4 Å².